The molecule has 1 N–H and O–H groups in total. The lowest BCUT2D eigenvalue weighted by Gasteiger charge is -2.16. The van der Waals surface area contributed by atoms with Crippen LogP contribution in [0.3, 0.4) is 0 Å². The number of methoxy groups -OCH3 is 3. The largest absolute Gasteiger partial charge is 0.496 e. The average molecular weight is 392 g/mol. The molecule has 0 saturated heterocycles. The zero-order chi connectivity index (χ0) is 19.6. The summed E-state index contributed by atoms with van der Waals surface area (Å²) >= 11 is 0. The molecule has 144 valence electrons. The molecule has 0 unspecified atom stereocenters. The van der Waals surface area contributed by atoms with Crippen LogP contribution < -0.4 is 18.9 Å². The van der Waals surface area contributed by atoms with Gasteiger partial charge in [-0.05, 0) is 30.2 Å². The highest BCUT2D eigenvalue weighted by atomic mass is 32.2. The molecule has 0 radical (unpaired) electrons. The molecule has 0 aliphatic carbocycles. The molecule has 0 fully saturated rings. The molecule has 0 saturated carbocycles. The number of ether oxygens (including phenoxy) is 3. The molecule has 1 aromatic heterocycles. The Balaban J connectivity index is 2.17. The Morgan fingerprint density at radius 1 is 1.04 bits per heavy atom. The van der Waals surface area contributed by atoms with E-state index in [2.05, 4.69) is 9.88 Å². The molecule has 0 bridgehead atoms. The summed E-state index contributed by atoms with van der Waals surface area (Å²) < 4.78 is 50.0. The van der Waals surface area contributed by atoms with Gasteiger partial charge < -0.3 is 18.7 Å². The van der Waals surface area contributed by atoms with Crippen LogP contribution in [0, 0.1) is 0 Å². The average Bonchev–Trinajstić information content (AvgIpc) is 3.08. The number of nitrogens with one attached hydrogen (secondary N) is 1. The van der Waals surface area contributed by atoms with E-state index in [-0.39, 0.29) is 22.2 Å². The molecule has 8 nitrogen and oxygen atoms in total. The molecule has 0 amide bonds. The second-order valence-electron chi connectivity index (χ2n) is 5.61. The Bertz CT molecular complexity index is 1070. The van der Waals surface area contributed by atoms with E-state index in [1.54, 1.807) is 30.3 Å². The van der Waals surface area contributed by atoms with Crippen LogP contribution in [0.25, 0.3) is 11.0 Å². The summed E-state index contributed by atoms with van der Waals surface area (Å²) in [5.41, 5.74) is 1.13. The van der Waals surface area contributed by atoms with Gasteiger partial charge in [0.1, 0.15) is 22.6 Å². The minimum atomic E-state index is -4.10. The molecule has 2 aromatic carbocycles. The number of aryl methyl sites for hydroxylation is 1. The Kier molecular flexibility index (Phi) is 5.13. The number of hydrogen-bond donors (Lipinski definition) is 1. The number of fused-ring (bicyclic) bond motifs is 1. The summed E-state index contributed by atoms with van der Waals surface area (Å²) in [7, 11) is 0.202. The first-order chi connectivity index (χ1) is 13.0. The topological polar surface area (TPSA) is 99.9 Å². The maximum Gasteiger partial charge on any atom is 0.270 e. The summed E-state index contributed by atoms with van der Waals surface area (Å²) in [6.07, 6.45) is 0.594. The summed E-state index contributed by atoms with van der Waals surface area (Å²) in [6.45, 7) is 1.91. The maximum absolute atomic E-state index is 13.2. The van der Waals surface area contributed by atoms with Gasteiger partial charge in [-0.1, -0.05) is 24.2 Å². The summed E-state index contributed by atoms with van der Waals surface area (Å²) in [5, 5.41) is 4.27. The fraction of sp³-hybridized carbons (Fsp3) is 0.278. The van der Waals surface area contributed by atoms with Crippen LogP contribution in [0.1, 0.15) is 12.5 Å². The second-order valence-corrected chi connectivity index (χ2v) is 7.23. The van der Waals surface area contributed by atoms with Gasteiger partial charge in [0.15, 0.2) is 16.3 Å². The highest BCUT2D eigenvalue weighted by Gasteiger charge is 2.29. The van der Waals surface area contributed by atoms with Crippen molar-refractivity contribution in [3.8, 4) is 17.2 Å². The standard InChI is InChI=1S/C18H20N2O6S/c1-5-11-9-10-14(24-3)17(16(11)25-4)27(21,22)20-18-15-12(23-2)7-6-8-13(15)26-19-18/h6-10H,5H2,1-4H3,(H,19,20). The van der Waals surface area contributed by atoms with E-state index in [9.17, 15) is 8.42 Å². The first kappa shape index (κ1) is 18.8. The summed E-state index contributed by atoms with van der Waals surface area (Å²) in [6, 6.07) is 8.45. The number of sulfonamides is 1. The lowest BCUT2D eigenvalue weighted by Crippen LogP contribution is -2.16. The Hall–Kier alpha value is -2.94. The van der Waals surface area contributed by atoms with Crippen molar-refractivity contribution in [1.29, 1.82) is 0 Å². The van der Waals surface area contributed by atoms with Crippen molar-refractivity contribution in [3.63, 3.8) is 0 Å². The molecule has 0 aliphatic heterocycles. The Labute approximate surface area is 157 Å². The van der Waals surface area contributed by atoms with Crippen LogP contribution >= 0.6 is 0 Å². The third-order valence-electron chi connectivity index (χ3n) is 4.14. The molecule has 3 aromatic rings. The van der Waals surface area contributed by atoms with E-state index >= 15 is 0 Å². The lowest BCUT2D eigenvalue weighted by atomic mass is 10.1. The van der Waals surface area contributed by atoms with Crippen LogP contribution in [-0.2, 0) is 16.4 Å². The third-order valence-corrected chi connectivity index (χ3v) is 5.53. The number of hydrogen-bond acceptors (Lipinski definition) is 7. The molecule has 0 aliphatic rings. The predicted octanol–water partition coefficient (Wildman–Crippen LogP) is 3.22. The fourth-order valence-corrected chi connectivity index (χ4v) is 4.25. The normalized spacial score (nSPS) is 11.4. The number of nitrogens with zero attached hydrogens (tertiary/aromatic N) is 1. The smallest absolute Gasteiger partial charge is 0.270 e. The van der Waals surface area contributed by atoms with Gasteiger partial charge in [0.25, 0.3) is 10.0 Å². The summed E-state index contributed by atoms with van der Waals surface area (Å²) in [5.74, 6) is 0.849. The van der Waals surface area contributed by atoms with Crippen LogP contribution in [0.4, 0.5) is 5.82 Å². The minimum absolute atomic E-state index is 0.0217. The molecule has 9 heteroatoms. The molecule has 1 heterocycles. The first-order valence-corrected chi connectivity index (χ1v) is 9.64. The molecular weight excluding hydrogens is 372 g/mol. The monoisotopic (exact) mass is 392 g/mol. The van der Waals surface area contributed by atoms with E-state index in [1.165, 1.54) is 21.3 Å². The summed E-state index contributed by atoms with van der Waals surface area (Å²) in [4.78, 5) is -0.0992. The molecular formula is C18H20N2O6S. The fourth-order valence-electron chi connectivity index (χ4n) is 2.88. The third kappa shape index (κ3) is 3.25. The Morgan fingerprint density at radius 2 is 1.78 bits per heavy atom. The van der Waals surface area contributed by atoms with E-state index in [0.29, 0.717) is 23.1 Å². The molecule has 0 atom stereocenters. The van der Waals surface area contributed by atoms with E-state index in [1.807, 2.05) is 6.92 Å². The van der Waals surface area contributed by atoms with Crippen molar-refractivity contribution in [1.82, 2.24) is 5.16 Å². The van der Waals surface area contributed by atoms with Gasteiger partial charge in [0.05, 0.1) is 21.3 Å². The molecule has 0 spiro atoms. The van der Waals surface area contributed by atoms with Crippen molar-refractivity contribution < 1.29 is 27.2 Å². The van der Waals surface area contributed by atoms with Crippen LogP contribution in [-0.4, -0.2) is 34.9 Å². The second kappa shape index (κ2) is 7.36. The van der Waals surface area contributed by atoms with Crippen molar-refractivity contribution in [2.45, 2.75) is 18.2 Å². The van der Waals surface area contributed by atoms with Gasteiger partial charge in [-0.25, -0.2) is 8.42 Å². The van der Waals surface area contributed by atoms with Gasteiger partial charge in [-0.3, -0.25) is 4.72 Å². The van der Waals surface area contributed by atoms with Gasteiger partial charge >= 0.3 is 0 Å². The van der Waals surface area contributed by atoms with Gasteiger partial charge in [0, 0.05) is 0 Å². The lowest BCUT2D eigenvalue weighted by molar-refractivity contribution is 0.370. The van der Waals surface area contributed by atoms with E-state index in [0.717, 1.165) is 5.56 Å². The quantitative estimate of drug-likeness (QED) is 0.659. The highest BCUT2D eigenvalue weighted by molar-refractivity contribution is 7.93. The molecule has 27 heavy (non-hydrogen) atoms. The highest BCUT2D eigenvalue weighted by Crippen LogP contribution is 2.39. The zero-order valence-corrected chi connectivity index (χ0v) is 16.2. The van der Waals surface area contributed by atoms with Gasteiger partial charge in [-0.15, -0.1) is 0 Å². The van der Waals surface area contributed by atoms with Gasteiger partial charge in [-0.2, -0.15) is 0 Å². The Morgan fingerprint density at radius 3 is 2.41 bits per heavy atom. The van der Waals surface area contributed by atoms with Crippen molar-refractivity contribution in [2.75, 3.05) is 26.1 Å². The van der Waals surface area contributed by atoms with Crippen molar-refractivity contribution >= 4 is 26.8 Å². The maximum atomic E-state index is 13.2. The van der Waals surface area contributed by atoms with Crippen LogP contribution in [0.15, 0.2) is 39.8 Å². The number of aromatic nitrogens is 1. The van der Waals surface area contributed by atoms with Crippen molar-refractivity contribution in [3.05, 3.63) is 35.9 Å². The van der Waals surface area contributed by atoms with Crippen LogP contribution in [0.5, 0.6) is 17.2 Å². The van der Waals surface area contributed by atoms with Gasteiger partial charge in [0.2, 0.25) is 0 Å². The van der Waals surface area contributed by atoms with E-state index in [4.69, 9.17) is 18.7 Å². The number of anilines is 1. The first-order valence-electron chi connectivity index (χ1n) is 8.15. The molecule has 3 rings (SSSR count). The predicted molar refractivity (Wildman–Crippen MR) is 100 cm³/mol. The minimum Gasteiger partial charge on any atom is -0.496 e. The number of rotatable bonds is 7. The van der Waals surface area contributed by atoms with Crippen LogP contribution in [0.2, 0.25) is 0 Å². The van der Waals surface area contributed by atoms with Crippen molar-refractivity contribution in [2.24, 2.45) is 0 Å². The number of benzene rings is 2. The zero-order valence-electron chi connectivity index (χ0n) is 15.4. The SMILES string of the molecule is CCc1ccc(OC)c(S(=O)(=O)Nc2noc3cccc(OC)c23)c1OC. The van der Waals surface area contributed by atoms with E-state index < -0.39 is 10.0 Å².